The van der Waals surface area contributed by atoms with Gasteiger partial charge in [-0.2, -0.15) is 8.42 Å². The van der Waals surface area contributed by atoms with E-state index in [2.05, 4.69) is 54.5 Å². The van der Waals surface area contributed by atoms with Gasteiger partial charge in [0.1, 0.15) is 30.5 Å². The summed E-state index contributed by atoms with van der Waals surface area (Å²) in [5.74, 6) is -0.414. The Balaban J connectivity index is 2.48. The minimum Gasteiger partial charge on any atom is -0.457 e. The van der Waals surface area contributed by atoms with Gasteiger partial charge in [-0.25, -0.2) is 4.18 Å². The minimum atomic E-state index is -5.06. The smallest absolute Gasteiger partial charge is 0.397 e. The van der Waals surface area contributed by atoms with Crippen LogP contribution < -0.4 is 0 Å². The van der Waals surface area contributed by atoms with Crippen molar-refractivity contribution < 1.29 is 56.2 Å². The second-order valence-corrected chi connectivity index (χ2v) is 15.6. The highest BCUT2D eigenvalue weighted by molar-refractivity contribution is 7.80. The Morgan fingerprint density at radius 3 is 1.80 bits per heavy atom. The second-order valence-electron chi connectivity index (χ2n) is 14.6. The average Bonchev–Trinajstić information content (AvgIpc) is 3.15. The fourth-order valence-corrected chi connectivity index (χ4v) is 6.72. The molecule has 0 radical (unpaired) electrons. The van der Waals surface area contributed by atoms with E-state index in [0.717, 1.165) is 83.5 Å². The lowest BCUT2D eigenvalue weighted by atomic mass is 9.99. The number of ether oxygens (including phenoxy) is 4. The summed E-state index contributed by atoms with van der Waals surface area (Å²) in [5.41, 5.74) is 0. The Labute approximate surface area is 333 Å². The van der Waals surface area contributed by atoms with Crippen molar-refractivity contribution in [3.63, 3.8) is 0 Å². The van der Waals surface area contributed by atoms with Crippen molar-refractivity contribution in [1.82, 2.24) is 0 Å². The maximum atomic E-state index is 12.8. The number of hydrogen-bond acceptors (Lipinski definition) is 11. The van der Waals surface area contributed by atoms with Gasteiger partial charge in [0.25, 0.3) is 0 Å². The van der Waals surface area contributed by atoms with Crippen molar-refractivity contribution in [1.29, 1.82) is 0 Å². The van der Waals surface area contributed by atoms with Gasteiger partial charge < -0.3 is 34.3 Å². The van der Waals surface area contributed by atoms with E-state index in [9.17, 15) is 28.5 Å². The van der Waals surface area contributed by atoms with E-state index in [1.807, 2.05) is 0 Å². The first-order valence-electron chi connectivity index (χ1n) is 21.2. The maximum Gasteiger partial charge on any atom is 0.397 e. The molecule has 6 unspecified atom stereocenters. The first-order chi connectivity index (χ1) is 26.6. The summed E-state index contributed by atoms with van der Waals surface area (Å²) < 4.78 is 58.9. The van der Waals surface area contributed by atoms with E-state index in [4.69, 9.17) is 23.5 Å². The van der Waals surface area contributed by atoms with Gasteiger partial charge in [-0.05, 0) is 64.2 Å². The van der Waals surface area contributed by atoms with Crippen molar-refractivity contribution >= 4 is 16.4 Å². The van der Waals surface area contributed by atoms with Gasteiger partial charge in [0.15, 0.2) is 6.29 Å². The molecule has 6 atom stereocenters. The van der Waals surface area contributed by atoms with Gasteiger partial charge in [-0.1, -0.05) is 127 Å². The largest absolute Gasteiger partial charge is 0.457 e. The Morgan fingerprint density at radius 2 is 1.22 bits per heavy atom. The molecule has 0 aromatic heterocycles. The summed E-state index contributed by atoms with van der Waals surface area (Å²) >= 11 is 0. The zero-order chi connectivity index (χ0) is 40.4. The molecule has 1 rings (SSSR count). The number of carbonyl (C=O) groups is 1. The van der Waals surface area contributed by atoms with Crippen molar-refractivity contribution in [2.45, 2.75) is 198 Å². The molecule has 0 amide bonds. The Bertz CT molecular complexity index is 1110. The minimum absolute atomic E-state index is 0.0256. The van der Waals surface area contributed by atoms with Crippen LogP contribution in [0.1, 0.15) is 162 Å². The normalized spacial score (nSPS) is 21.3. The Morgan fingerprint density at radius 1 is 0.691 bits per heavy atom. The molecule has 322 valence electrons. The molecule has 0 spiro atoms. The predicted molar refractivity (Wildman–Crippen MR) is 216 cm³/mol. The Kier molecular flexibility index (Phi) is 32.1. The zero-order valence-corrected chi connectivity index (χ0v) is 34.8. The summed E-state index contributed by atoms with van der Waals surface area (Å²) in [7, 11) is -5.06. The molecule has 1 aliphatic rings. The summed E-state index contributed by atoms with van der Waals surface area (Å²) in [5, 5.41) is 30.6. The molecule has 12 nitrogen and oxygen atoms in total. The molecule has 55 heavy (non-hydrogen) atoms. The fraction of sp³-hybridized carbons (Fsp3) is 0.833. The lowest BCUT2D eigenvalue weighted by molar-refractivity contribution is -0.301. The van der Waals surface area contributed by atoms with Crippen molar-refractivity contribution in [3.05, 3.63) is 36.5 Å². The molecule has 0 aromatic rings. The maximum absolute atomic E-state index is 12.8. The molecule has 0 saturated carbocycles. The van der Waals surface area contributed by atoms with Gasteiger partial charge in [0, 0.05) is 13.0 Å². The van der Waals surface area contributed by atoms with Gasteiger partial charge in [-0.3, -0.25) is 9.35 Å². The van der Waals surface area contributed by atoms with Crippen LogP contribution in [0.15, 0.2) is 36.5 Å². The third-order valence-electron chi connectivity index (χ3n) is 9.48. The number of unbranched alkanes of at least 4 members (excludes halogenated alkanes) is 17. The monoisotopic (exact) mass is 805 g/mol. The summed E-state index contributed by atoms with van der Waals surface area (Å²) in [6, 6.07) is 0. The number of hydrogen-bond donors (Lipinski definition) is 4. The molecule has 13 heteroatoms. The van der Waals surface area contributed by atoms with E-state index in [1.54, 1.807) is 0 Å². The highest BCUT2D eigenvalue weighted by Gasteiger charge is 2.48. The van der Waals surface area contributed by atoms with E-state index in [-0.39, 0.29) is 19.6 Å². The standard InChI is InChI=1S/C42H76O12S/c1-3-5-7-9-11-13-15-17-18-20-22-24-26-28-30-32-50-34-36(35-51-42-40(46)41(54-55(47,48)49)39(45)37(33-43)53-42)52-38(44)31-29-27-25-23-21-19-16-14-12-10-8-6-4-2/h9,11,14-17,36-37,39-43,45-46H,3-8,10,12-13,18-35H2,1-2H3,(H,47,48,49)/b11-9-,16-14-,17-15-. The molecule has 1 saturated heterocycles. The van der Waals surface area contributed by atoms with Crippen molar-refractivity contribution in [3.8, 4) is 0 Å². The molecular formula is C42H76O12S. The van der Waals surface area contributed by atoms with Crippen LogP contribution in [-0.2, 0) is 38.3 Å². The highest BCUT2D eigenvalue weighted by atomic mass is 32.3. The van der Waals surface area contributed by atoms with Crippen LogP contribution in [0.5, 0.6) is 0 Å². The van der Waals surface area contributed by atoms with E-state index in [1.165, 1.54) is 51.4 Å². The SMILES string of the molecule is CCCC/C=C\C/C=C\CCCCCCCCOCC(COC1OC(CO)C(O)C(OS(=O)(=O)O)C1O)OC(=O)CCCCCCC/C=C\CCCCCC. The molecule has 0 aliphatic carbocycles. The van der Waals surface area contributed by atoms with Crippen molar-refractivity contribution in [2.24, 2.45) is 0 Å². The van der Waals surface area contributed by atoms with Gasteiger partial charge in [0.2, 0.25) is 0 Å². The van der Waals surface area contributed by atoms with Crippen LogP contribution in [0, 0.1) is 0 Å². The van der Waals surface area contributed by atoms with Crippen LogP contribution in [-0.4, -0.2) is 97.5 Å². The molecule has 1 fully saturated rings. The molecule has 0 bridgehead atoms. The van der Waals surface area contributed by atoms with Gasteiger partial charge in [-0.15, -0.1) is 0 Å². The number of carbonyl (C=O) groups excluding carboxylic acids is 1. The first-order valence-corrected chi connectivity index (χ1v) is 22.6. The molecular weight excluding hydrogens is 729 g/mol. The number of rotatable bonds is 36. The zero-order valence-electron chi connectivity index (χ0n) is 34.0. The molecule has 1 aliphatic heterocycles. The lowest BCUT2D eigenvalue weighted by Crippen LogP contribution is -2.60. The van der Waals surface area contributed by atoms with Crippen LogP contribution in [0.25, 0.3) is 0 Å². The highest BCUT2D eigenvalue weighted by Crippen LogP contribution is 2.26. The predicted octanol–water partition coefficient (Wildman–Crippen LogP) is 8.24. The van der Waals surface area contributed by atoms with E-state index < -0.39 is 59.8 Å². The van der Waals surface area contributed by atoms with Crippen molar-refractivity contribution in [2.75, 3.05) is 26.4 Å². The van der Waals surface area contributed by atoms with Crippen LogP contribution >= 0.6 is 0 Å². The lowest BCUT2D eigenvalue weighted by Gasteiger charge is -2.41. The molecule has 4 N–H and O–H groups in total. The molecule has 0 aromatic carbocycles. The number of esters is 1. The van der Waals surface area contributed by atoms with Crippen LogP contribution in [0.4, 0.5) is 0 Å². The van der Waals surface area contributed by atoms with Crippen LogP contribution in [0.3, 0.4) is 0 Å². The molecule has 1 heterocycles. The summed E-state index contributed by atoms with van der Waals surface area (Å²) in [4.78, 5) is 12.8. The van der Waals surface area contributed by atoms with Crippen LogP contribution in [0.2, 0.25) is 0 Å². The summed E-state index contributed by atoms with van der Waals surface area (Å²) in [6.07, 6.45) is 28.9. The summed E-state index contributed by atoms with van der Waals surface area (Å²) in [6.45, 7) is 3.88. The van der Waals surface area contributed by atoms with Gasteiger partial charge in [0.05, 0.1) is 19.8 Å². The first kappa shape index (κ1) is 51.3. The number of aliphatic hydroxyl groups excluding tert-OH is 3. The Hall–Kier alpha value is -1.68. The quantitative estimate of drug-likeness (QED) is 0.0207. The third-order valence-corrected chi connectivity index (χ3v) is 9.95. The number of allylic oxidation sites excluding steroid dienone is 6. The fourth-order valence-electron chi connectivity index (χ4n) is 6.21. The van der Waals surface area contributed by atoms with Gasteiger partial charge >= 0.3 is 16.4 Å². The number of aliphatic hydroxyl groups is 3. The van der Waals surface area contributed by atoms with E-state index in [0.29, 0.717) is 13.0 Å². The third kappa shape index (κ3) is 28.4. The van der Waals surface area contributed by atoms with E-state index >= 15 is 0 Å². The average molecular weight is 805 g/mol. The topological polar surface area (TPSA) is 178 Å². The second kappa shape index (κ2) is 34.4.